The molecule has 5 aromatic heterocycles. The fraction of sp³-hybridized carbons (Fsp3) is 0. The van der Waals surface area contributed by atoms with Crippen LogP contribution in [0.5, 0.6) is 0 Å². The van der Waals surface area contributed by atoms with E-state index in [1.54, 1.807) is 0 Å². The minimum absolute atomic E-state index is 0.570. The average molecular weight is 988 g/mol. The number of rotatable bonds is 7. The van der Waals surface area contributed by atoms with Gasteiger partial charge in [-0.2, -0.15) is 9.97 Å². The normalized spacial score (nSPS) is 11.9. The quantitative estimate of drug-likeness (QED) is 0.160. The van der Waals surface area contributed by atoms with Gasteiger partial charge >= 0.3 is 0 Å². The molecule has 0 N–H and O–H groups in total. The fourth-order valence-corrected chi connectivity index (χ4v) is 12.9. The molecular formula is C69H41N5OS. The molecule has 0 aliphatic rings. The maximum atomic E-state index is 6.69. The first-order chi connectivity index (χ1) is 37.7. The first-order valence-corrected chi connectivity index (χ1v) is 26.4. The monoisotopic (exact) mass is 987 g/mol. The summed E-state index contributed by atoms with van der Waals surface area (Å²) in [6.45, 7) is 0. The summed E-state index contributed by atoms with van der Waals surface area (Å²) in [5.41, 5.74) is 16.0. The van der Waals surface area contributed by atoms with Crippen LogP contribution in [-0.2, 0) is 0 Å². The Labute approximate surface area is 439 Å². The van der Waals surface area contributed by atoms with Gasteiger partial charge in [0, 0.05) is 64.6 Å². The number of furan rings is 1. The highest BCUT2D eigenvalue weighted by atomic mass is 32.1. The van der Waals surface area contributed by atoms with Crippen LogP contribution >= 0.6 is 11.3 Å². The molecule has 6 nitrogen and oxygen atoms in total. The van der Waals surface area contributed by atoms with E-state index in [9.17, 15) is 0 Å². The number of nitrogens with zero attached hydrogens (tertiary/aromatic N) is 5. The summed E-state index contributed by atoms with van der Waals surface area (Å²) in [7, 11) is 0. The lowest BCUT2D eigenvalue weighted by Gasteiger charge is -2.11. The zero-order valence-corrected chi connectivity index (χ0v) is 41.5. The SMILES string of the molecule is c1ccc(-c2cccc(-n3c4ccccc4c4cc(-c5ccc6oc7cccc(-c8ccc9c(c8)c8ccc%10c%11ccccc%11sc%10c8n9-c8nc(-c9ccccc9)nc(-c9ccccc9)n8)c7c6c5)ccc43)c2)cc1. The van der Waals surface area contributed by atoms with Crippen LogP contribution in [0, 0.1) is 0 Å². The van der Waals surface area contributed by atoms with Gasteiger partial charge in [-0.15, -0.1) is 11.3 Å². The van der Waals surface area contributed by atoms with E-state index in [2.05, 4.69) is 221 Å². The summed E-state index contributed by atoms with van der Waals surface area (Å²) in [6, 6.07) is 88.6. The predicted molar refractivity (Wildman–Crippen MR) is 316 cm³/mol. The van der Waals surface area contributed by atoms with E-state index in [0.717, 1.165) is 82.8 Å². The van der Waals surface area contributed by atoms with E-state index >= 15 is 0 Å². The minimum atomic E-state index is 0.570. The van der Waals surface area contributed by atoms with Crippen LogP contribution < -0.4 is 0 Å². The van der Waals surface area contributed by atoms with Gasteiger partial charge in [0.2, 0.25) is 5.95 Å². The lowest BCUT2D eigenvalue weighted by Crippen LogP contribution is -2.06. The van der Waals surface area contributed by atoms with Crippen molar-refractivity contribution in [1.29, 1.82) is 0 Å². The van der Waals surface area contributed by atoms with Gasteiger partial charge in [0.05, 0.1) is 26.8 Å². The number of hydrogen-bond donors (Lipinski definition) is 0. The second kappa shape index (κ2) is 16.8. The Morgan fingerprint density at radius 1 is 0.329 bits per heavy atom. The Bertz CT molecular complexity index is 4930. The summed E-state index contributed by atoms with van der Waals surface area (Å²) in [4.78, 5) is 15.7. The van der Waals surface area contributed by atoms with Crippen molar-refractivity contribution in [2.45, 2.75) is 0 Å². The Morgan fingerprint density at radius 2 is 0.895 bits per heavy atom. The summed E-state index contributed by atoms with van der Waals surface area (Å²) >= 11 is 1.82. The number of aromatic nitrogens is 5. The zero-order chi connectivity index (χ0) is 49.8. The maximum absolute atomic E-state index is 6.69. The molecule has 354 valence electrons. The van der Waals surface area contributed by atoms with Gasteiger partial charge in [0.15, 0.2) is 11.6 Å². The Hall–Kier alpha value is -9.95. The molecule has 0 spiro atoms. The highest BCUT2D eigenvalue weighted by Crippen LogP contribution is 2.46. The lowest BCUT2D eigenvalue weighted by molar-refractivity contribution is 0.669. The topological polar surface area (TPSA) is 61.7 Å². The minimum Gasteiger partial charge on any atom is -0.456 e. The second-order valence-corrected chi connectivity index (χ2v) is 20.6. The van der Waals surface area contributed by atoms with E-state index in [0.29, 0.717) is 17.6 Å². The number of thiophene rings is 1. The molecule has 0 unspecified atom stereocenters. The molecule has 16 aromatic rings. The van der Waals surface area contributed by atoms with Gasteiger partial charge in [-0.05, 0) is 100 Å². The lowest BCUT2D eigenvalue weighted by atomic mass is 9.96. The smallest absolute Gasteiger partial charge is 0.238 e. The molecule has 0 fully saturated rings. The van der Waals surface area contributed by atoms with Crippen LogP contribution in [-0.4, -0.2) is 24.1 Å². The summed E-state index contributed by atoms with van der Waals surface area (Å²) in [5.74, 6) is 1.81. The van der Waals surface area contributed by atoms with Crippen molar-refractivity contribution < 1.29 is 4.42 Å². The summed E-state index contributed by atoms with van der Waals surface area (Å²) in [5, 5.41) is 9.28. The van der Waals surface area contributed by atoms with Crippen LogP contribution in [0.25, 0.3) is 154 Å². The van der Waals surface area contributed by atoms with E-state index in [-0.39, 0.29) is 0 Å². The second-order valence-electron chi connectivity index (χ2n) is 19.5. The molecule has 0 saturated heterocycles. The molecule has 16 rings (SSSR count). The first-order valence-electron chi connectivity index (χ1n) is 25.6. The molecule has 0 aliphatic carbocycles. The molecule has 76 heavy (non-hydrogen) atoms. The molecule has 0 bridgehead atoms. The van der Waals surface area contributed by atoms with Crippen molar-refractivity contribution in [3.05, 3.63) is 249 Å². The number of hydrogen-bond acceptors (Lipinski definition) is 5. The van der Waals surface area contributed by atoms with Gasteiger partial charge in [0.1, 0.15) is 11.2 Å². The van der Waals surface area contributed by atoms with E-state index < -0.39 is 0 Å². The van der Waals surface area contributed by atoms with Crippen molar-refractivity contribution in [2.75, 3.05) is 0 Å². The Kier molecular flexibility index (Phi) is 9.40. The van der Waals surface area contributed by atoms with Gasteiger partial charge in [-0.3, -0.25) is 4.57 Å². The number of fused-ring (bicyclic) bond motifs is 13. The fourth-order valence-electron chi connectivity index (χ4n) is 11.7. The molecule has 0 aliphatic heterocycles. The standard InChI is InChI=1S/C69H41N5OS/c1-4-16-42(17-5-1)45-22-14-23-49(38-45)73-58-27-12-10-24-51(58)55-39-46(30-35-59(55)73)47-32-37-61-57(40-47)64-50(26-15-28-62(64)75-61)48-31-36-60-56(41-48)53-33-34-54-52-25-11-13-29-63(52)76-66(54)65(53)74(60)69-71-67(43-18-6-2-7-19-43)70-68(72-69)44-20-8-3-9-21-44/h1-41H. The third kappa shape index (κ3) is 6.62. The number of para-hydroxylation sites is 1. The molecule has 0 radical (unpaired) electrons. The van der Waals surface area contributed by atoms with Gasteiger partial charge in [0.25, 0.3) is 0 Å². The van der Waals surface area contributed by atoms with Crippen LogP contribution in [0.1, 0.15) is 0 Å². The van der Waals surface area contributed by atoms with Gasteiger partial charge < -0.3 is 8.98 Å². The third-order valence-electron chi connectivity index (χ3n) is 15.2. The highest BCUT2D eigenvalue weighted by Gasteiger charge is 2.23. The van der Waals surface area contributed by atoms with Gasteiger partial charge in [-0.1, -0.05) is 182 Å². The van der Waals surface area contributed by atoms with Crippen molar-refractivity contribution in [3.63, 3.8) is 0 Å². The third-order valence-corrected chi connectivity index (χ3v) is 16.4. The average Bonchev–Trinajstić information content (AvgIpc) is 4.35. The predicted octanol–water partition coefficient (Wildman–Crippen LogP) is 18.7. The Morgan fingerprint density at radius 3 is 1.67 bits per heavy atom. The zero-order valence-electron chi connectivity index (χ0n) is 40.7. The van der Waals surface area contributed by atoms with Crippen LogP contribution in [0.15, 0.2) is 253 Å². The van der Waals surface area contributed by atoms with E-state index in [1.165, 1.54) is 53.1 Å². The Balaban J connectivity index is 0.872. The molecule has 5 heterocycles. The van der Waals surface area contributed by atoms with Crippen molar-refractivity contribution in [2.24, 2.45) is 0 Å². The van der Waals surface area contributed by atoms with Crippen molar-refractivity contribution in [1.82, 2.24) is 24.1 Å². The van der Waals surface area contributed by atoms with Gasteiger partial charge in [-0.25, -0.2) is 4.98 Å². The largest absolute Gasteiger partial charge is 0.456 e. The maximum Gasteiger partial charge on any atom is 0.238 e. The number of benzene rings is 11. The molecule has 7 heteroatoms. The molecule has 0 atom stereocenters. The van der Waals surface area contributed by atoms with E-state index in [4.69, 9.17) is 19.4 Å². The molecule has 0 amide bonds. The van der Waals surface area contributed by atoms with E-state index in [1.807, 2.05) is 47.7 Å². The summed E-state index contributed by atoms with van der Waals surface area (Å²) < 4.78 is 13.8. The molecule has 11 aromatic carbocycles. The molecular weight excluding hydrogens is 947 g/mol. The van der Waals surface area contributed by atoms with Crippen LogP contribution in [0.4, 0.5) is 0 Å². The first kappa shape index (κ1) is 42.5. The summed E-state index contributed by atoms with van der Waals surface area (Å²) in [6.07, 6.45) is 0. The van der Waals surface area contributed by atoms with Crippen molar-refractivity contribution >= 4 is 97.1 Å². The van der Waals surface area contributed by atoms with Crippen molar-refractivity contribution in [3.8, 4) is 67.8 Å². The molecule has 0 saturated carbocycles. The van der Waals surface area contributed by atoms with Crippen LogP contribution in [0.3, 0.4) is 0 Å². The van der Waals surface area contributed by atoms with Crippen LogP contribution in [0.2, 0.25) is 0 Å². The highest BCUT2D eigenvalue weighted by molar-refractivity contribution is 7.26.